The molecule has 0 saturated heterocycles. The Morgan fingerprint density at radius 2 is 1.72 bits per heavy atom. The van der Waals surface area contributed by atoms with Crippen LogP contribution in [0.1, 0.15) is 82.6 Å². The third-order valence-corrected chi connectivity index (χ3v) is 5.82. The van der Waals surface area contributed by atoms with E-state index in [9.17, 15) is 9.90 Å². The summed E-state index contributed by atoms with van der Waals surface area (Å²) in [5.74, 6) is 0.440. The van der Waals surface area contributed by atoms with Crippen LogP contribution in [0.25, 0.3) is 0 Å². The summed E-state index contributed by atoms with van der Waals surface area (Å²) in [7, 11) is 0. The lowest BCUT2D eigenvalue weighted by Crippen LogP contribution is -2.36. The van der Waals surface area contributed by atoms with Gasteiger partial charge in [-0.05, 0) is 55.7 Å². The quantitative estimate of drug-likeness (QED) is 0.399. The van der Waals surface area contributed by atoms with Gasteiger partial charge in [0.25, 0.3) is 0 Å². The number of hydrogen-bond donors (Lipinski definition) is 1. The van der Waals surface area contributed by atoms with Crippen molar-refractivity contribution in [1.82, 2.24) is 0 Å². The number of rotatable bonds is 10. The number of hydrogen-bond acceptors (Lipinski definition) is 2. The Morgan fingerprint density at radius 3 is 2.32 bits per heavy atom. The first-order chi connectivity index (χ1) is 12.0. The van der Waals surface area contributed by atoms with Gasteiger partial charge in [0, 0.05) is 0 Å². The molecule has 1 aromatic carbocycles. The highest BCUT2D eigenvalue weighted by atomic mass is 35.5. The number of alkyl halides is 1. The standard InChI is InChI=1S/C21H31ClO3/c1-2-3-4-5-6-7-16-25-19-10-8-17(9-11-19)18-12-14-21(22,15-13-18)20(23)24/h8-11,18H,2-7,12-16H2,1H3,(H,23,24). The molecule has 4 heteroatoms. The molecule has 25 heavy (non-hydrogen) atoms. The minimum atomic E-state index is -1.06. The first-order valence-corrected chi connectivity index (χ1v) is 10.1. The Morgan fingerprint density at radius 1 is 1.12 bits per heavy atom. The number of halogens is 1. The first kappa shape index (κ1) is 20.1. The van der Waals surface area contributed by atoms with Crippen LogP contribution >= 0.6 is 11.6 Å². The van der Waals surface area contributed by atoms with Crippen LogP contribution in [-0.2, 0) is 4.79 Å². The van der Waals surface area contributed by atoms with Crippen LogP contribution in [0.15, 0.2) is 24.3 Å². The third-order valence-electron chi connectivity index (χ3n) is 5.28. The van der Waals surface area contributed by atoms with E-state index in [0.29, 0.717) is 18.8 Å². The van der Waals surface area contributed by atoms with Gasteiger partial charge in [-0.1, -0.05) is 51.2 Å². The van der Waals surface area contributed by atoms with Gasteiger partial charge in [0.1, 0.15) is 10.6 Å². The monoisotopic (exact) mass is 366 g/mol. The van der Waals surface area contributed by atoms with Gasteiger partial charge in [-0.3, -0.25) is 4.79 Å². The van der Waals surface area contributed by atoms with Crippen LogP contribution in [-0.4, -0.2) is 22.6 Å². The smallest absolute Gasteiger partial charge is 0.324 e. The predicted molar refractivity (Wildman–Crippen MR) is 103 cm³/mol. The predicted octanol–water partition coefficient (Wildman–Crippen LogP) is 6.15. The minimum Gasteiger partial charge on any atom is -0.494 e. The average molecular weight is 367 g/mol. The number of unbranched alkanes of at least 4 members (excludes halogenated alkanes) is 5. The molecule has 0 aromatic heterocycles. The molecule has 1 N–H and O–H groups in total. The van der Waals surface area contributed by atoms with E-state index in [1.165, 1.54) is 37.7 Å². The summed E-state index contributed by atoms with van der Waals surface area (Å²) in [4.78, 5) is 10.2. The van der Waals surface area contributed by atoms with E-state index in [2.05, 4.69) is 19.1 Å². The van der Waals surface area contributed by atoms with E-state index in [1.54, 1.807) is 0 Å². The summed E-state index contributed by atoms with van der Waals surface area (Å²) in [6.45, 7) is 3.01. The summed E-state index contributed by atoms with van der Waals surface area (Å²) in [5, 5.41) is 9.21. The van der Waals surface area contributed by atoms with Crippen molar-refractivity contribution in [1.29, 1.82) is 0 Å². The summed E-state index contributed by atoms with van der Waals surface area (Å²) in [5.41, 5.74) is 1.26. The van der Waals surface area contributed by atoms with E-state index < -0.39 is 10.8 Å². The average Bonchev–Trinajstić information content (AvgIpc) is 2.62. The summed E-state index contributed by atoms with van der Waals surface area (Å²) in [6.07, 6.45) is 10.3. The molecular formula is C21H31ClO3. The SMILES string of the molecule is CCCCCCCCOc1ccc(C2CCC(Cl)(C(=O)O)CC2)cc1. The molecule has 0 heterocycles. The molecule has 1 aliphatic rings. The summed E-state index contributed by atoms with van der Waals surface area (Å²) < 4.78 is 5.82. The molecule has 0 unspecified atom stereocenters. The van der Waals surface area contributed by atoms with Crippen LogP contribution in [0.4, 0.5) is 0 Å². The first-order valence-electron chi connectivity index (χ1n) is 9.70. The number of benzene rings is 1. The van der Waals surface area contributed by atoms with Crippen LogP contribution in [0.3, 0.4) is 0 Å². The fourth-order valence-corrected chi connectivity index (χ4v) is 3.75. The van der Waals surface area contributed by atoms with Gasteiger partial charge in [-0.25, -0.2) is 0 Å². The Hall–Kier alpha value is -1.22. The molecule has 1 fully saturated rings. The zero-order valence-electron chi connectivity index (χ0n) is 15.3. The van der Waals surface area contributed by atoms with Crippen LogP contribution in [0.5, 0.6) is 5.75 Å². The summed E-state index contributed by atoms with van der Waals surface area (Å²) in [6, 6.07) is 8.30. The topological polar surface area (TPSA) is 46.5 Å². The molecule has 1 saturated carbocycles. The Balaban J connectivity index is 1.71. The second-order valence-electron chi connectivity index (χ2n) is 7.23. The van der Waals surface area contributed by atoms with Crippen molar-refractivity contribution in [3.05, 3.63) is 29.8 Å². The van der Waals surface area contributed by atoms with Crippen LogP contribution in [0, 0.1) is 0 Å². The lowest BCUT2D eigenvalue weighted by Gasteiger charge is -2.32. The maximum absolute atomic E-state index is 11.2. The zero-order chi connectivity index (χ0) is 18.1. The highest BCUT2D eigenvalue weighted by molar-refractivity contribution is 6.33. The van der Waals surface area contributed by atoms with Crippen molar-refractivity contribution in [2.75, 3.05) is 6.61 Å². The fourth-order valence-electron chi connectivity index (χ4n) is 3.53. The maximum atomic E-state index is 11.2. The van der Waals surface area contributed by atoms with Gasteiger partial charge in [-0.15, -0.1) is 11.6 Å². The summed E-state index contributed by atoms with van der Waals surface area (Å²) >= 11 is 6.18. The van der Waals surface area contributed by atoms with Gasteiger partial charge in [0.2, 0.25) is 0 Å². The second-order valence-corrected chi connectivity index (χ2v) is 7.95. The highest BCUT2D eigenvalue weighted by Gasteiger charge is 2.40. The molecule has 0 radical (unpaired) electrons. The van der Waals surface area contributed by atoms with E-state index >= 15 is 0 Å². The maximum Gasteiger partial charge on any atom is 0.324 e. The lowest BCUT2D eigenvalue weighted by molar-refractivity contribution is -0.141. The van der Waals surface area contributed by atoms with Crippen molar-refractivity contribution in [2.24, 2.45) is 0 Å². The fraction of sp³-hybridized carbons (Fsp3) is 0.667. The van der Waals surface area contributed by atoms with E-state index in [-0.39, 0.29) is 0 Å². The van der Waals surface area contributed by atoms with Gasteiger partial charge in [-0.2, -0.15) is 0 Å². The Kier molecular flexibility index (Phi) is 8.08. The molecule has 0 spiro atoms. The molecule has 140 valence electrons. The molecule has 0 aliphatic heterocycles. The molecule has 3 nitrogen and oxygen atoms in total. The van der Waals surface area contributed by atoms with E-state index in [1.807, 2.05) is 12.1 Å². The Labute approximate surface area is 156 Å². The zero-order valence-corrected chi connectivity index (χ0v) is 16.1. The van der Waals surface area contributed by atoms with E-state index in [0.717, 1.165) is 31.6 Å². The van der Waals surface area contributed by atoms with Gasteiger partial charge in [0.05, 0.1) is 6.61 Å². The number of ether oxygens (including phenoxy) is 1. The number of carboxylic acids is 1. The van der Waals surface area contributed by atoms with Gasteiger partial charge < -0.3 is 9.84 Å². The minimum absolute atomic E-state index is 0.402. The largest absolute Gasteiger partial charge is 0.494 e. The molecule has 0 bridgehead atoms. The molecule has 1 aromatic rings. The van der Waals surface area contributed by atoms with Crippen molar-refractivity contribution in [2.45, 2.75) is 81.9 Å². The number of carboxylic acid groups (broad SMARTS) is 1. The lowest BCUT2D eigenvalue weighted by atomic mass is 9.78. The Bertz CT molecular complexity index is 518. The van der Waals surface area contributed by atoms with Crippen molar-refractivity contribution in [3.63, 3.8) is 0 Å². The van der Waals surface area contributed by atoms with Crippen molar-refractivity contribution < 1.29 is 14.6 Å². The number of aliphatic carboxylic acids is 1. The number of carbonyl (C=O) groups is 1. The van der Waals surface area contributed by atoms with Crippen molar-refractivity contribution >= 4 is 17.6 Å². The van der Waals surface area contributed by atoms with Crippen LogP contribution in [0.2, 0.25) is 0 Å². The molecule has 0 amide bonds. The molecular weight excluding hydrogens is 336 g/mol. The third kappa shape index (κ3) is 6.22. The van der Waals surface area contributed by atoms with Gasteiger partial charge in [0.15, 0.2) is 0 Å². The molecule has 1 aliphatic carbocycles. The van der Waals surface area contributed by atoms with Crippen LogP contribution < -0.4 is 4.74 Å². The van der Waals surface area contributed by atoms with Gasteiger partial charge >= 0.3 is 5.97 Å². The van der Waals surface area contributed by atoms with Crippen molar-refractivity contribution in [3.8, 4) is 5.75 Å². The normalized spacial score (nSPS) is 23.4. The molecule has 0 atom stereocenters. The van der Waals surface area contributed by atoms with E-state index in [4.69, 9.17) is 16.3 Å². The second kappa shape index (κ2) is 10.1. The molecule has 2 rings (SSSR count). The highest BCUT2D eigenvalue weighted by Crippen LogP contribution is 2.41.